The van der Waals surface area contributed by atoms with Crippen molar-refractivity contribution in [3.63, 3.8) is 0 Å². The van der Waals surface area contributed by atoms with E-state index in [0.717, 1.165) is 0 Å². The van der Waals surface area contributed by atoms with Crippen LogP contribution in [0.15, 0.2) is 0 Å². The van der Waals surface area contributed by atoms with Gasteiger partial charge in [0.05, 0.1) is 0 Å². The molecule has 2 heteroatoms. The molecule has 0 aromatic carbocycles. The molecule has 0 saturated carbocycles. The summed E-state index contributed by atoms with van der Waals surface area (Å²) in [6.07, 6.45) is 0. The molecular formula is C6H13N2. The Balaban J connectivity index is 3.64. The van der Waals surface area contributed by atoms with Crippen LogP contribution in [0.3, 0.4) is 0 Å². The van der Waals surface area contributed by atoms with E-state index in [0.29, 0.717) is 5.71 Å². The summed E-state index contributed by atoms with van der Waals surface area (Å²) in [4.78, 5) is 1.95. The van der Waals surface area contributed by atoms with Crippen LogP contribution < -0.4 is 0 Å². The van der Waals surface area contributed by atoms with Gasteiger partial charge in [-0.15, -0.1) is 0 Å². The first-order chi connectivity index (χ1) is 3.55. The molecule has 0 fully saturated rings. The quantitative estimate of drug-likeness (QED) is 0.527. The van der Waals surface area contributed by atoms with Gasteiger partial charge in [0.2, 0.25) is 0 Å². The summed E-state index contributed by atoms with van der Waals surface area (Å²) in [7, 11) is 3.87. The Morgan fingerprint density at radius 3 is 2.00 bits per heavy atom. The van der Waals surface area contributed by atoms with Gasteiger partial charge in [0.25, 0.3) is 0 Å². The number of hydrogen-bond donors (Lipinski definition) is 1. The van der Waals surface area contributed by atoms with Gasteiger partial charge >= 0.3 is 0 Å². The largest absolute Gasteiger partial charge is 0.308 e. The van der Waals surface area contributed by atoms with Crippen molar-refractivity contribution in [1.29, 1.82) is 5.41 Å². The van der Waals surface area contributed by atoms with Crippen LogP contribution in [0, 0.1) is 12.3 Å². The minimum Gasteiger partial charge on any atom is -0.308 e. The third-order valence-corrected chi connectivity index (χ3v) is 1.28. The highest BCUT2D eigenvalue weighted by Crippen LogP contribution is 1.90. The maximum Gasteiger partial charge on any atom is 0.0440 e. The Morgan fingerprint density at radius 1 is 1.62 bits per heavy atom. The summed E-state index contributed by atoms with van der Waals surface area (Å²) in [5.41, 5.74) is 0.468. The first kappa shape index (κ1) is 7.63. The number of hydrogen-bond acceptors (Lipinski definition) is 2. The molecule has 0 aliphatic rings. The molecule has 1 N–H and O–H groups in total. The first-order valence-corrected chi connectivity index (χ1v) is 2.62. The highest BCUT2D eigenvalue weighted by molar-refractivity contribution is 5.89. The second-order valence-corrected chi connectivity index (χ2v) is 2.16. The first-order valence-electron chi connectivity index (χ1n) is 2.62. The molecule has 2 nitrogen and oxygen atoms in total. The van der Waals surface area contributed by atoms with Crippen LogP contribution in [0.2, 0.25) is 0 Å². The van der Waals surface area contributed by atoms with E-state index in [9.17, 15) is 0 Å². The normalized spacial score (nSPS) is 14.1. The van der Waals surface area contributed by atoms with E-state index in [2.05, 4.69) is 6.92 Å². The summed E-state index contributed by atoms with van der Waals surface area (Å²) in [6, 6.07) is 0.176. The van der Waals surface area contributed by atoms with E-state index in [1.165, 1.54) is 0 Å². The summed E-state index contributed by atoms with van der Waals surface area (Å²) in [5.74, 6) is 0. The lowest BCUT2D eigenvalue weighted by molar-refractivity contribution is 0.381. The third kappa shape index (κ3) is 2.07. The molecule has 47 valence electrons. The number of rotatable bonds is 2. The molecule has 0 aliphatic heterocycles. The lowest BCUT2D eigenvalue weighted by Crippen LogP contribution is -2.30. The minimum absolute atomic E-state index is 0.176. The van der Waals surface area contributed by atoms with Gasteiger partial charge in [-0.05, 0) is 27.9 Å². The molecule has 0 amide bonds. The van der Waals surface area contributed by atoms with Crippen molar-refractivity contribution in [3.05, 3.63) is 6.92 Å². The van der Waals surface area contributed by atoms with Crippen LogP contribution in [-0.2, 0) is 0 Å². The molecule has 0 aromatic heterocycles. The van der Waals surface area contributed by atoms with Crippen molar-refractivity contribution in [3.8, 4) is 0 Å². The van der Waals surface area contributed by atoms with Crippen LogP contribution in [0.5, 0.6) is 0 Å². The highest BCUT2D eigenvalue weighted by Gasteiger charge is 2.04. The van der Waals surface area contributed by atoms with Gasteiger partial charge in [0, 0.05) is 11.8 Å². The Labute approximate surface area is 51.0 Å². The Hall–Kier alpha value is -0.370. The standard InChI is InChI=1S/C6H13N2/c1-5(7)6(2)8(3)4/h6-7H,1H2,2-4H3. The van der Waals surface area contributed by atoms with Gasteiger partial charge in [-0.25, -0.2) is 0 Å². The van der Waals surface area contributed by atoms with Crippen molar-refractivity contribution >= 4 is 5.71 Å². The summed E-state index contributed by atoms with van der Waals surface area (Å²) < 4.78 is 0. The predicted octanol–water partition coefficient (Wildman–Crippen LogP) is 0.790. The topological polar surface area (TPSA) is 27.1 Å². The van der Waals surface area contributed by atoms with E-state index >= 15 is 0 Å². The van der Waals surface area contributed by atoms with E-state index < -0.39 is 0 Å². The average molecular weight is 113 g/mol. The SMILES string of the molecule is [CH2]C(=N)C(C)N(C)C. The molecule has 0 aliphatic carbocycles. The lowest BCUT2D eigenvalue weighted by Gasteiger charge is -2.17. The fourth-order valence-electron chi connectivity index (χ4n) is 0.312. The molecule has 0 saturated heterocycles. The number of nitrogens with one attached hydrogen (secondary N) is 1. The van der Waals surface area contributed by atoms with Gasteiger partial charge in [-0.1, -0.05) is 0 Å². The van der Waals surface area contributed by atoms with Gasteiger partial charge in [0.1, 0.15) is 0 Å². The van der Waals surface area contributed by atoms with Crippen LogP contribution >= 0.6 is 0 Å². The van der Waals surface area contributed by atoms with Crippen LogP contribution in [0.4, 0.5) is 0 Å². The van der Waals surface area contributed by atoms with Crippen LogP contribution in [-0.4, -0.2) is 30.7 Å². The predicted molar refractivity (Wildman–Crippen MR) is 36.2 cm³/mol. The second-order valence-electron chi connectivity index (χ2n) is 2.16. The van der Waals surface area contributed by atoms with Gasteiger partial charge in [-0.2, -0.15) is 0 Å². The molecule has 1 radical (unpaired) electrons. The lowest BCUT2D eigenvalue weighted by atomic mass is 10.2. The van der Waals surface area contributed by atoms with Crippen molar-refractivity contribution in [2.75, 3.05) is 14.1 Å². The molecular weight excluding hydrogens is 100 g/mol. The Kier molecular flexibility index (Phi) is 2.69. The summed E-state index contributed by atoms with van der Waals surface area (Å²) in [6.45, 7) is 5.46. The zero-order chi connectivity index (χ0) is 6.73. The molecule has 0 aromatic rings. The van der Waals surface area contributed by atoms with E-state index in [1.807, 2.05) is 25.9 Å². The molecule has 8 heavy (non-hydrogen) atoms. The van der Waals surface area contributed by atoms with Crippen molar-refractivity contribution in [2.24, 2.45) is 0 Å². The second kappa shape index (κ2) is 2.82. The van der Waals surface area contributed by atoms with Gasteiger partial charge < -0.3 is 10.3 Å². The third-order valence-electron chi connectivity index (χ3n) is 1.28. The smallest absolute Gasteiger partial charge is 0.0440 e. The zero-order valence-electron chi connectivity index (χ0n) is 5.73. The van der Waals surface area contributed by atoms with E-state index in [4.69, 9.17) is 5.41 Å². The van der Waals surface area contributed by atoms with Crippen molar-refractivity contribution < 1.29 is 0 Å². The Morgan fingerprint density at radius 2 is 2.00 bits per heavy atom. The van der Waals surface area contributed by atoms with E-state index in [-0.39, 0.29) is 6.04 Å². The molecule has 0 spiro atoms. The fourth-order valence-corrected chi connectivity index (χ4v) is 0.312. The maximum atomic E-state index is 7.08. The summed E-state index contributed by atoms with van der Waals surface area (Å²) >= 11 is 0. The maximum absolute atomic E-state index is 7.08. The number of nitrogens with zero attached hydrogens (tertiary/aromatic N) is 1. The fraction of sp³-hybridized carbons (Fsp3) is 0.667. The van der Waals surface area contributed by atoms with Crippen LogP contribution in [0.1, 0.15) is 6.92 Å². The zero-order valence-corrected chi connectivity index (χ0v) is 5.73. The monoisotopic (exact) mass is 113 g/mol. The summed E-state index contributed by atoms with van der Waals surface area (Å²) in [5, 5.41) is 7.08. The molecule has 1 unspecified atom stereocenters. The van der Waals surface area contributed by atoms with Gasteiger partial charge in [-0.3, -0.25) is 0 Å². The Bertz CT molecular complexity index is 86.5. The highest BCUT2D eigenvalue weighted by atomic mass is 15.1. The molecule has 1 atom stereocenters. The van der Waals surface area contributed by atoms with Crippen molar-refractivity contribution in [2.45, 2.75) is 13.0 Å². The minimum atomic E-state index is 0.176. The molecule has 0 heterocycles. The van der Waals surface area contributed by atoms with Crippen LogP contribution in [0.25, 0.3) is 0 Å². The van der Waals surface area contributed by atoms with Crippen molar-refractivity contribution in [1.82, 2.24) is 4.90 Å². The molecule has 0 bridgehead atoms. The van der Waals surface area contributed by atoms with E-state index in [1.54, 1.807) is 0 Å². The van der Waals surface area contributed by atoms with Gasteiger partial charge in [0.15, 0.2) is 0 Å². The molecule has 0 rings (SSSR count). The average Bonchev–Trinajstić information content (AvgIpc) is 1.64.